The fraction of sp³-hybridized carbons (Fsp3) is 0.524. The van der Waals surface area contributed by atoms with Crippen LogP contribution in [0, 0.1) is 5.92 Å². The van der Waals surface area contributed by atoms with E-state index in [9.17, 15) is 9.59 Å². The lowest BCUT2D eigenvalue weighted by atomic mass is 9.96. The molecule has 2 aliphatic heterocycles. The average Bonchev–Trinajstić information content (AvgIpc) is 3.17. The minimum absolute atomic E-state index is 0.168. The minimum atomic E-state index is -0.521. The zero-order chi connectivity index (χ0) is 20.6. The van der Waals surface area contributed by atoms with Crippen molar-refractivity contribution in [1.29, 1.82) is 0 Å². The van der Waals surface area contributed by atoms with Gasteiger partial charge in [0.15, 0.2) is 0 Å². The number of para-hydroxylation sites is 1. The number of anilines is 1. The normalized spacial score (nSPS) is 17.9. The van der Waals surface area contributed by atoms with Gasteiger partial charge < -0.3 is 15.0 Å². The van der Waals surface area contributed by atoms with E-state index in [4.69, 9.17) is 4.74 Å². The average molecular weight is 397 g/mol. The summed E-state index contributed by atoms with van der Waals surface area (Å²) in [5.41, 5.74) is 0.745. The summed E-state index contributed by atoms with van der Waals surface area (Å²) in [7, 11) is 0. The number of ether oxygens (including phenoxy) is 1. The number of nitrogens with one attached hydrogen (secondary N) is 1. The van der Waals surface area contributed by atoms with Gasteiger partial charge in [0.2, 0.25) is 5.62 Å². The molecule has 0 bridgehead atoms. The van der Waals surface area contributed by atoms with Gasteiger partial charge in [-0.25, -0.2) is 9.78 Å². The Balaban J connectivity index is 1.51. The smallest absolute Gasteiger partial charge is 0.410 e. The maximum Gasteiger partial charge on any atom is 0.410 e. The number of benzene rings is 1. The molecule has 2 amide bonds. The Kier molecular flexibility index (Phi) is 5.02. The molecule has 0 aliphatic carbocycles. The van der Waals surface area contributed by atoms with Crippen LogP contribution in [0.1, 0.15) is 33.6 Å². The van der Waals surface area contributed by atoms with E-state index in [0.29, 0.717) is 31.5 Å². The lowest BCUT2D eigenvalue weighted by molar-refractivity contribution is -0.123. The molecule has 4 rings (SSSR count). The summed E-state index contributed by atoms with van der Waals surface area (Å²) in [5.74, 6) is 0.590. The zero-order valence-corrected chi connectivity index (χ0v) is 17.1. The molecule has 8 nitrogen and oxygen atoms in total. The Bertz CT molecular complexity index is 1010. The molecule has 8 heteroatoms. The van der Waals surface area contributed by atoms with Gasteiger partial charge >= 0.3 is 6.09 Å². The van der Waals surface area contributed by atoms with Crippen LogP contribution in [0.4, 0.5) is 10.6 Å². The highest BCUT2D eigenvalue weighted by molar-refractivity contribution is 5.89. The third-order valence-electron chi connectivity index (χ3n) is 5.22. The van der Waals surface area contributed by atoms with E-state index in [-0.39, 0.29) is 17.9 Å². The van der Waals surface area contributed by atoms with Crippen LogP contribution in [0.25, 0.3) is 10.9 Å². The molecule has 1 saturated heterocycles. The molecule has 2 aromatic rings. The van der Waals surface area contributed by atoms with Crippen LogP contribution in [-0.4, -0.2) is 51.7 Å². The van der Waals surface area contributed by atoms with Crippen molar-refractivity contribution in [2.75, 3.05) is 25.0 Å². The molecule has 0 spiro atoms. The molecule has 29 heavy (non-hydrogen) atoms. The van der Waals surface area contributed by atoms with Crippen LogP contribution in [0.15, 0.2) is 29.3 Å². The number of hydrogen-bond donors (Lipinski definition) is 1. The molecular weight excluding hydrogens is 370 g/mol. The molecule has 154 valence electrons. The summed E-state index contributed by atoms with van der Waals surface area (Å²) in [5, 5.41) is 4.40. The van der Waals surface area contributed by atoms with Crippen LogP contribution < -0.4 is 10.9 Å². The first-order chi connectivity index (χ1) is 13.8. The van der Waals surface area contributed by atoms with E-state index in [1.165, 1.54) is 0 Å². The third-order valence-corrected chi connectivity index (χ3v) is 5.22. The van der Waals surface area contributed by atoms with Crippen LogP contribution in [-0.2, 0) is 16.1 Å². The van der Waals surface area contributed by atoms with E-state index < -0.39 is 5.60 Å². The lowest BCUT2D eigenvalue weighted by Gasteiger charge is -2.32. The second kappa shape index (κ2) is 7.50. The fourth-order valence-electron chi connectivity index (χ4n) is 3.78. The Morgan fingerprint density at radius 2 is 1.90 bits per heavy atom. The maximum absolute atomic E-state index is 12.8. The highest BCUT2D eigenvalue weighted by Gasteiger charge is 2.30. The van der Waals surface area contributed by atoms with Crippen molar-refractivity contribution in [2.24, 2.45) is 10.9 Å². The topological polar surface area (TPSA) is 88.8 Å². The number of nitrogens with zero attached hydrogens (tertiary/aromatic N) is 4. The van der Waals surface area contributed by atoms with Gasteiger partial charge in [0.1, 0.15) is 11.4 Å². The second-order valence-corrected chi connectivity index (χ2v) is 8.55. The highest BCUT2D eigenvalue weighted by Crippen LogP contribution is 2.23. The quantitative estimate of drug-likeness (QED) is 0.799. The predicted molar refractivity (Wildman–Crippen MR) is 109 cm³/mol. The maximum atomic E-state index is 12.8. The van der Waals surface area contributed by atoms with E-state index in [2.05, 4.69) is 15.3 Å². The molecule has 0 saturated carbocycles. The number of likely N-dealkylation sites (tertiary alicyclic amines) is 1. The summed E-state index contributed by atoms with van der Waals surface area (Å²) in [6.45, 7) is 8.07. The van der Waals surface area contributed by atoms with Gasteiger partial charge in [-0.15, -0.1) is 0 Å². The predicted octanol–water partition coefficient (Wildman–Crippen LogP) is 2.54. The van der Waals surface area contributed by atoms with Crippen molar-refractivity contribution >= 4 is 28.7 Å². The molecular formula is C21H27N5O3. The number of carbonyl (C=O) groups excluding carboxylic acids is 2. The first kappa shape index (κ1) is 19.4. The molecule has 1 aromatic heterocycles. The Morgan fingerprint density at radius 3 is 2.62 bits per heavy atom. The van der Waals surface area contributed by atoms with Crippen molar-refractivity contribution in [2.45, 2.75) is 45.8 Å². The monoisotopic (exact) mass is 397 g/mol. The molecule has 1 aromatic carbocycles. The number of rotatable bonds is 1. The number of aromatic nitrogens is 2. The largest absolute Gasteiger partial charge is 0.444 e. The van der Waals surface area contributed by atoms with Crippen molar-refractivity contribution in [3.8, 4) is 0 Å². The Morgan fingerprint density at radius 1 is 1.17 bits per heavy atom. The van der Waals surface area contributed by atoms with Crippen molar-refractivity contribution in [3.63, 3.8) is 0 Å². The van der Waals surface area contributed by atoms with Crippen LogP contribution >= 0.6 is 0 Å². The van der Waals surface area contributed by atoms with E-state index >= 15 is 0 Å². The summed E-state index contributed by atoms with van der Waals surface area (Å²) in [6.07, 6.45) is 0.844. The van der Waals surface area contributed by atoms with Gasteiger partial charge in [0.05, 0.1) is 5.52 Å². The summed E-state index contributed by atoms with van der Waals surface area (Å²) >= 11 is 0. The van der Waals surface area contributed by atoms with Crippen molar-refractivity contribution in [3.05, 3.63) is 29.9 Å². The SMILES string of the molecule is CC(C)(C)OC(=O)N1CCC(C(=O)N=c2nc3ccccc3c3n2CCN3)CC1. The molecule has 0 radical (unpaired) electrons. The number of carbonyl (C=O) groups is 2. The van der Waals surface area contributed by atoms with E-state index in [1.807, 2.05) is 49.6 Å². The Labute approximate surface area is 169 Å². The van der Waals surface area contributed by atoms with Gasteiger partial charge in [0.25, 0.3) is 5.91 Å². The standard InChI is InChI=1S/C21H27N5O3/c1-21(2,3)29-20(28)25-11-8-14(9-12-25)18(27)24-19-23-16-7-5-4-6-15(16)17-22-10-13-26(17)19/h4-7,14,22H,8-13H2,1-3H3. The first-order valence-electron chi connectivity index (χ1n) is 10.1. The van der Waals surface area contributed by atoms with E-state index in [0.717, 1.165) is 29.8 Å². The number of fused-ring (bicyclic) bond motifs is 3. The second-order valence-electron chi connectivity index (χ2n) is 8.55. The summed E-state index contributed by atoms with van der Waals surface area (Å²) in [6, 6.07) is 7.86. The molecule has 0 atom stereocenters. The molecule has 1 fully saturated rings. The summed E-state index contributed by atoms with van der Waals surface area (Å²) in [4.78, 5) is 35.7. The molecule has 0 unspecified atom stereocenters. The third kappa shape index (κ3) is 4.11. The van der Waals surface area contributed by atoms with Gasteiger partial charge in [0, 0.05) is 37.5 Å². The number of amides is 2. The molecule has 2 aliphatic rings. The summed E-state index contributed by atoms with van der Waals surface area (Å²) < 4.78 is 7.39. The lowest BCUT2D eigenvalue weighted by Crippen LogP contribution is -2.43. The van der Waals surface area contributed by atoms with Gasteiger partial charge in [-0.3, -0.25) is 9.36 Å². The zero-order valence-electron chi connectivity index (χ0n) is 17.1. The first-order valence-corrected chi connectivity index (χ1v) is 10.1. The van der Waals surface area contributed by atoms with E-state index in [1.54, 1.807) is 4.90 Å². The van der Waals surface area contributed by atoms with Gasteiger partial charge in [-0.05, 0) is 45.7 Å². The van der Waals surface area contributed by atoms with Crippen LogP contribution in [0.3, 0.4) is 0 Å². The van der Waals surface area contributed by atoms with Gasteiger partial charge in [-0.2, -0.15) is 4.99 Å². The van der Waals surface area contributed by atoms with Crippen LogP contribution in [0.2, 0.25) is 0 Å². The highest BCUT2D eigenvalue weighted by atomic mass is 16.6. The fourth-order valence-corrected chi connectivity index (χ4v) is 3.78. The number of piperidine rings is 1. The van der Waals surface area contributed by atoms with Crippen molar-refractivity contribution < 1.29 is 14.3 Å². The van der Waals surface area contributed by atoms with Crippen LogP contribution in [0.5, 0.6) is 0 Å². The number of hydrogen-bond acceptors (Lipinski definition) is 5. The minimum Gasteiger partial charge on any atom is -0.444 e. The van der Waals surface area contributed by atoms with Gasteiger partial charge in [-0.1, -0.05) is 12.1 Å². The van der Waals surface area contributed by atoms with Crippen molar-refractivity contribution in [1.82, 2.24) is 14.5 Å². The molecule has 1 N–H and O–H groups in total. The molecule has 3 heterocycles. The Hall–Kier alpha value is -2.90.